The van der Waals surface area contributed by atoms with Gasteiger partial charge >= 0.3 is 0 Å². The second-order valence-electron chi connectivity index (χ2n) is 7.38. The molecule has 3 rings (SSSR count). The molecule has 1 aromatic heterocycles. The number of aromatic nitrogens is 2. The van der Waals surface area contributed by atoms with Gasteiger partial charge in [0.05, 0.1) is 24.7 Å². The molecular formula is C22H29N5O. The van der Waals surface area contributed by atoms with Gasteiger partial charge in [-0.2, -0.15) is 10.4 Å². The highest BCUT2D eigenvalue weighted by Gasteiger charge is 2.16. The molecule has 1 aliphatic rings. The van der Waals surface area contributed by atoms with Crippen molar-refractivity contribution in [3.05, 3.63) is 46.8 Å². The molecule has 0 saturated carbocycles. The average Bonchev–Trinajstić information content (AvgIpc) is 3.32. The van der Waals surface area contributed by atoms with E-state index in [9.17, 15) is 4.79 Å². The molecule has 0 bridgehead atoms. The number of nitriles is 1. The van der Waals surface area contributed by atoms with E-state index in [1.807, 2.05) is 24.6 Å². The van der Waals surface area contributed by atoms with E-state index in [-0.39, 0.29) is 5.91 Å². The summed E-state index contributed by atoms with van der Waals surface area (Å²) >= 11 is 0. The van der Waals surface area contributed by atoms with E-state index in [0.29, 0.717) is 32.4 Å². The van der Waals surface area contributed by atoms with Gasteiger partial charge in [-0.1, -0.05) is 18.2 Å². The third kappa shape index (κ3) is 4.72. The van der Waals surface area contributed by atoms with Crippen molar-refractivity contribution in [3.63, 3.8) is 0 Å². The summed E-state index contributed by atoms with van der Waals surface area (Å²) in [4.78, 5) is 14.8. The van der Waals surface area contributed by atoms with Crippen LogP contribution in [0, 0.1) is 25.2 Å². The van der Waals surface area contributed by atoms with Gasteiger partial charge in [-0.05, 0) is 50.3 Å². The van der Waals surface area contributed by atoms with Gasteiger partial charge in [-0.25, -0.2) is 0 Å². The van der Waals surface area contributed by atoms with E-state index in [1.165, 1.54) is 24.1 Å². The minimum Gasteiger partial charge on any atom is -0.371 e. The third-order valence-electron chi connectivity index (χ3n) is 5.48. The van der Waals surface area contributed by atoms with Crippen LogP contribution >= 0.6 is 0 Å². The van der Waals surface area contributed by atoms with E-state index in [0.717, 1.165) is 30.0 Å². The summed E-state index contributed by atoms with van der Waals surface area (Å²) in [6, 6.07) is 10.5. The lowest BCUT2D eigenvalue weighted by molar-refractivity contribution is -0.121. The number of carbonyl (C=O) groups excluding carboxylic acids is 1. The van der Waals surface area contributed by atoms with Gasteiger partial charge in [-0.3, -0.25) is 9.48 Å². The Balaban J connectivity index is 1.55. The lowest BCUT2D eigenvalue weighted by Gasteiger charge is -2.21. The number of aryl methyl sites for hydroxylation is 2. The van der Waals surface area contributed by atoms with Crippen LogP contribution in [0.3, 0.4) is 0 Å². The molecule has 1 aliphatic heterocycles. The van der Waals surface area contributed by atoms with Crippen LogP contribution in [-0.4, -0.2) is 28.8 Å². The molecule has 1 aromatic carbocycles. The zero-order valence-corrected chi connectivity index (χ0v) is 16.9. The minimum absolute atomic E-state index is 0.0554. The van der Waals surface area contributed by atoms with Gasteiger partial charge in [0.15, 0.2) is 0 Å². The van der Waals surface area contributed by atoms with Crippen LogP contribution in [0.5, 0.6) is 0 Å². The van der Waals surface area contributed by atoms with Crippen LogP contribution in [0.25, 0.3) is 0 Å². The second kappa shape index (κ2) is 9.41. The maximum atomic E-state index is 12.4. The number of benzene rings is 1. The Kier molecular flexibility index (Phi) is 6.70. The fraction of sp³-hybridized carbons (Fsp3) is 0.500. The summed E-state index contributed by atoms with van der Waals surface area (Å²) in [6.07, 6.45) is 4.03. The predicted octanol–water partition coefficient (Wildman–Crippen LogP) is 3.26. The number of amides is 1. The SMILES string of the molecule is Cc1nn(CCC#N)c(C)c1CCC(=O)NCc1ccccc1N1CCCC1. The molecule has 0 aliphatic carbocycles. The summed E-state index contributed by atoms with van der Waals surface area (Å²) in [5, 5.41) is 16.3. The number of hydrogen-bond acceptors (Lipinski definition) is 4. The van der Waals surface area contributed by atoms with Crippen LogP contribution in [0.15, 0.2) is 24.3 Å². The predicted molar refractivity (Wildman–Crippen MR) is 110 cm³/mol. The van der Waals surface area contributed by atoms with E-state index in [1.54, 1.807) is 0 Å². The van der Waals surface area contributed by atoms with E-state index >= 15 is 0 Å². The number of nitrogens with one attached hydrogen (secondary N) is 1. The highest BCUT2D eigenvalue weighted by Crippen LogP contribution is 2.24. The lowest BCUT2D eigenvalue weighted by Crippen LogP contribution is -2.25. The normalized spacial score (nSPS) is 13.5. The molecule has 2 heterocycles. The Labute approximate surface area is 167 Å². The molecule has 2 aromatic rings. The fourth-order valence-electron chi connectivity index (χ4n) is 3.92. The molecule has 1 amide bonds. The molecule has 0 unspecified atom stereocenters. The van der Waals surface area contributed by atoms with Gasteiger partial charge in [0.25, 0.3) is 0 Å². The Morgan fingerprint density at radius 1 is 1.25 bits per heavy atom. The Morgan fingerprint density at radius 2 is 2.00 bits per heavy atom. The third-order valence-corrected chi connectivity index (χ3v) is 5.48. The first-order valence-corrected chi connectivity index (χ1v) is 10.1. The van der Waals surface area contributed by atoms with E-state index < -0.39 is 0 Å². The number of para-hydroxylation sites is 1. The molecule has 6 heteroatoms. The van der Waals surface area contributed by atoms with Crippen molar-refractivity contribution in [2.24, 2.45) is 0 Å². The smallest absolute Gasteiger partial charge is 0.220 e. The van der Waals surface area contributed by atoms with Crippen molar-refractivity contribution in [3.8, 4) is 6.07 Å². The standard InChI is InChI=1S/C22H29N5O/c1-17-20(18(2)27(25-17)15-7-12-23)10-11-22(28)24-16-19-8-3-4-9-21(19)26-13-5-6-14-26/h3-4,8-9H,5-7,10-11,13-16H2,1-2H3,(H,24,28). The minimum atomic E-state index is 0.0554. The molecule has 28 heavy (non-hydrogen) atoms. The molecule has 0 atom stereocenters. The zero-order valence-electron chi connectivity index (χ0n) is 16.9. The molecule has 1 fully saturated rings. The highest BCUT2D eigenvalue weighted by molar-refractivity contribution is 5.76. The van der Waals surface area contributed by atoms with Crippen molar-refractivity contribution >= 4 is 11.6 Å². The van der Waals surface area contributed by atoms with Crippen LogP contribution in [0.4, 0.5) is 5.69 Å². The van der Waals surface area contributed by atoms with Crippen LogP contribution in [0.1, 0.15) is 48.2 Å². The van der Waals surface area contributed by atoms with Gasteiger partial charge in [-0.15, -0.1) is 0 Å². The molecule has 0 radical (unpaired) electrons. The van der Waals surface area contributed by atoms with Crippen molar-refractivity contribution in [1.82, 2.24) is 15.1 Å². The summed E-state index contributed by atoms with van der Waals surface area (Å²) in [5.74, 6) is 0.0554. The first-order valence-electron chi connectivity index (χ1n) is 10.1. The lowest BCUT2D eigenvalue weighted by atomic mass is 10.1. The number of nitrogens with zero attached hydrogens (tertiary/aromatic N) is 4. The Bertz CT molecular complexity index is 858. The maximum absolute atomic E-state index is 12.4. The monoisotopic (exact) mass is 379 g/mol. The number of anilines is 1. The van der Waals surface area contributed by atoms with E-state index in [2.05, 4.69) is 39.6 Å². The topological polar surface area (TPSA) is 73.9 Å². The van der Waals surface area contributed by atoms with E-state index in [4.69, 9.17) is 5.26 Å². The first kappa shape index (κ1) is 19.9. The van der Waals surface area contributed by atoms with Crippen LogP contribution in [-0.2, 0) is 24.3 Å². The summed E-state index contributed by atoms with van der Waals surface area (Å²) in [7, 11) is 0. The van der Waals surface area contributed by atoms with Crippen molar-refractivity contribution in [2.45, 2.75) is 59.0 Å². The zero-order chi connectivity index (χ0) is 19.9. The molecular weight excluding hydrogens is 350 g/mol. The fourth-order valence-corrected chi connectivity index (χ4v) is 3.92. The van der Waals surface area contributed by atoms with Crippen molar-refractivity contribution in [1.29, 1.82) is 5.26 Å². The summed E-state index contributed by atoms with van der Waals surface area (Å²) in [5.41, 5.74) is 5.54. The van der Waals surface area contributed by atoms with Crippen LogP contribution < -0.4 is 10.2 Å². The number of rotatable bonds is 8. The van der Waals surface area contributed by atoms with Gasteiger partial charge in [0.1, 0.15) is 0 Å². The van der Waals surface area contributed by atoms with Crippen molar-refractivity contribution in [2.75, 3.05) is 18.0 Å². The molecule has 1 saturated heterocycles. The largest absolute Gasteiger partial charge is 0.371 e. The second-order valence-corrected chi connectivity index (χ2v) is 7.38. The van der Waals surface area contributed by atoms with Gasteiger partial charge in [0, 0.05) is 37.4 Å². The quantitative estimate of drug-likeness (QED) is 0.764. The van der Waals surface area contributed by atoms with Crippen LogP contribution in [0.2, 0.25) is 0 Å². The molecule has 0 spiro atoms. The molecule has 148 valence electrons. The van der Waals surface area contributed by atoms with Gasteiger partial charge in [0.2, 0.25) is 5.91 Å². The Morgan fingerprint density at radius 3 is 2.75 bits per heavy atom. The summed E-state index contributed by atoms with van der Waals surface area (Å²) in [6.45, 7) is 7.33. The Hall–Kier alpha value is -2.81. The number of carbonyl (C=O) groups is 1. The summed E-state index contributed by atoms with van der Waals surface area (Å²) < 4.78 is 1.87. The van der Waals surface area contributed by atoms with Crippen molar-refractivity contribution < 1.29 is 4.79 Å². The average molecular weight is 380 g/mol. The van der Waals surface area contributed by atoms with Gasteiger partial charge < -0.3 is 10.2 Å². The highest BCUT2D eigenvalue weighted by atomic mass is 16.1. The number of hydrogen-bond donors (Lipinski definition) is 1. The molecule has 6 nitrogen and oxygen atoms in total. The first-order chi connectivity index (χ1) is 13.6. The maximum Gasteiger partial charge on any atom is 0.220 e. The molecule has 1 N–H and O–H groups in total.